The maximum atomic E-state index is 11.3. The summed E-state index contributed by atoms with van der Waals surface area (Å²) in [6.45, 7) is 3.83. The fourth-order valence-corrected chi connectivity index (χ4v) is 2.94. The fraction of sp³-hybridized carbons (Fsp3) is 0.583. The van der Waals surface area contributed by atoms with Crippen molar-refractivity contribution in [2.45, 2.75) is 13.0 Å². The molecule has 17 heavy (non-hydrogen) atoms. The highest BCUT2D eigenvalue weighted by molar-refractivity contribution is 7.85. The summed E-state index contributed by atoms with van der Waals surface area (Å²) < 4.78 is 11.3. The monoisotopic (exact) mass is 253 g/mol. The molecule has 1 atom stereocenters. The summed E-state index contributed by atoms with van der Waals surface area (Å²) in [5.74, 6) is 1.54. The van der Waals surface area contributed by atoms with Gasteiger partial charge in [0.1, 0.15) is 0 Å². The van der Waals surface area contributed by atoms with Crippen LogP contribution in [0.1, 0.15) is 18.7 Å². The molecule has 0 bridgehead atoms. The zero-order valence-corrected chi connectivity index (χ0v) is 11.2. The molecule has 2 heterocycles. The first-order valence-electron chi connectivity index (χ1n) is 5.94. The zero-order chi connectivity index (χ0) is 12.3. The van der Waals surface area contributed by atoms with Crippen LogP contribution in [-0.4, -0.2) is 40.8 Å². The molecule has 1 N–H and O–H groups in total. The summed E-state index contributed by atoms with van der Waals surface area (Å²) in [4.78, 5) is 6.72. The Morgan fingerprint density at radius 2 is 2.12 bits per heavy atom. The number of pyridine rings is 1. The normalized spacial score (nSPS) is 19.3. The predicted octanol–water partition coefficient (Wildman–Crippen LogP) is 0.931. The predicted molar refractivity (Wildman–Crippen MR) is 71.8 cm³/mol. The number of aromatic nitrogens is 1. The van der Waals surface area contributed by atoms with Gasteiger partial charge < -0.3 is 10.2 Å². The van der Waals surface area contributed by atoms with E-state index in [1.807, 2.05) is 13.2 Å². The lowest BCUT2D eigenvalue weighted by Crippen LogP contribution is -2.37. The fourth-order valence-electron chi connectivity index (χ4n) is 1.88. The molecule has 1 unspecified atom stereocenters. The second-order valence-electron chi connectivity index (χ2n) is 4.29. The van der Waals surface area contributed by atoms with Crippen LogP contribution in [-0.2, 0) is 10.8 Å². The van der Waals surface area contributed by atoms with E-state index in [0.29, 0.717) is 0 Å². The Morgan fingerprint density at radius 3 is 2.65 bits per heavy atom. The van der Waals surface area contributed by atoms with Gasteiger partial charge in [-0.15, -0.1) is 0 Å². The Balaban J connectivity index is 2.05. The van der Waals surface area contributed by atoms with Crippen LogP contribution in [0.4, 0.5) is 5.69 Å². The molecule has 94 valence electrons. The minimum Gasteiger partial charge on any atom is -0.368 e. The van der Waals surface area contributed by atoms with Crippen LogP contribution in [0.5, 0.6) is 0 Å². The topological polar surface area (TPSA) is 45.2 Å². The minimum atomic E-state index is -0.620. The Kier molecular flexibility index (Phi) is 4.12. The van der Waals surface area contributed by atoms with Crippen molar-refractivity contribution in [2.24, 2.45) is 0 Å². The third-order valence-electron chi connectivity index (χ3n) is 3.19. The van der Waals surface area contributed by atoms with Crippen molar-refractivity contribution in [1.82, 2.24) is 10.3 Å². The molecule has 0 spiro atoms. The van der Waals surface area contributed by atoms with Crippen LogP contribution in [0.3, 0.4) is 0 Å². The Labute approximate surface area is 105 Å². The molecule has 1 aliphatic rings. The summed E-state index contributed by atoms with van der Waals surface area (Å²) in [6, 6.07) is 4.44. The lowest BCUT2D eigenvalue weighted by atomic mass is 10.2. The Hall–Kier alpha value is -0.940. The highest BCUT2D eigenvalue weighted by Crippen LogP contribution is 2.17. The van der Waals surface area contributed by atoms with Crippen molar-refractivity contribution in [3.8, 4) is 0 Å². The summed E-state index contributed by atoms with van der Waals surface area (Å²) in [5.41, 5.74) is 2.19. The van der Waals surface area contributed by atoms with Gasteiger partial charge in [-0.05, 0) is 26.1 Å². The van der Waals surface area contributed by atoms with Crippen LogP contribution < -0.4 is 10.2 Å². The van der Waals surface area contributed by atoms with Gasteiger partial charge in [0, 0.05) is 41.4 Å². The van der Waals surface area contributed by atoms with Crippen molar-refractivity contribution in [2.75, 3.05) is 36.5 Å². The molecule has 0 aliphatic carbocycles. The molecule has 0 aromatic carbocycles. The van der Waals surface area contributed by atoms with Gasteiger partial charge in [0.2, 0.25) is 0 Å². The molecule has 1 aromatic rings. The van der Waals surface area contributed by atoms with Crippen molar-refractivity contribution in [3.05, 3.63) is 24.0 Å². The van der Waals surface area contributed by atoms with E-state index in [4.69, 9.17) is 0 Å². The van der Waals surface area contributed by atoms with Gasteiger partial charge in [-0.1, -0.05) is 0 Å². The van der Waals surface area contributed by atoms with E-state index >= 15 is 0 Å². The maximum absolute atomic E-state index is 11.3. The van der Waals surface area contributed by atoms with E-state index in [0.717, 1.165) is 36.0 Å². The molecule has 2 rings (SSSR count). The van der Waals surface area contributed by atoms with Gasteiger partial charge >= 0.3 is 0 Å². The van der Waals surface area contributed by atoms with Crippen molar-refractivity contribution in [1.29, 1.82) is 0 Å². The molecular weight excluding hydrogens is 234 g/mol. The molecule has 1 aromatic heterocycles. The summed E-state index contributed by atoms with van der Waals surface area (Å²) in [5, 5.41) is 3.17. The largest absolute Gasteiger partial charge is 0.368 e. The van der Waals surface area contributed by atoms with E-state index in [-0.39, 0.29) is 6.04 Å². The molecule has 1 aliphatic heterocycles. The Morgan fingerprint density at radius 1 is 1.41 bits per heavy atom. The van der Waals surface area contributed by atoms with Crippen LogP contribution in [0.15, 0.2) is 18.3 Å². The summed E-state index contributed by atoms with van der Waals surface area (Å²) >= 11 is 0. The standard InChI is InChI=1S/C12H19N3OS/c1-10(13-2)12-4-3-11(9-14-12)15-5-7-17(16)8-6-15/h3-4,9-10,13H,5-8H2,1-2H3. The average Bonchev–Trinajstić information content (AvgIpc) is 2.39. The van der Waals surface area contributed by atoms with Gasteiger partial charge in [-0.25, -0.2) is 0 Å². The number of rotatable bonds is 3. The number of nitrogens with one attached hydrogen (secondary N) is 1. The third kappa shape index (κ3) is 3.04. The first-order chi connectivity index (χ1) is 8.20. The van der Waals surface area contributed by atoms with E-state index in [2.05, 4.69) is 34.3 Å². The lowest BCUT2D eigenvalue weighted by molar-refractivity contribution is 0.632. The second kappa shape index (κ2) is 5.60. The van der Waals surface area contributed by atoms with Gasteiger partial charge in [-0.2, -0.15) is 0 Å². The molecule has 0 radical (unpaired) electrons. The number of hydrogen-bond acceptors (Lipinski definition) is 4. The molecule has 5 heteroatoms. The molecular formula is C12H19N3OS. The highest BCUT2D eigenvalue weighted by Gasteiger charge is 2.15. The van der Waals surface area contributed by atoms with Gasteiger partial charge in [0.25, 0.3) is 0 Å². The van der Waals surface area contributed by atoms with Crippen molar-refractivity contribution >= 4 is 16.5 Å². The van der Waals surface area contributed by atoms with Crippen LogP contribution in [0.25, 0.3) is 0 Å². The van der Waals surface area contributed by atoms with Gasteiger partial charge in [-0.3, -0.25) is 9.19 Å². The smallest absolute Gasteiger partial charge is 0.0571 e. The first kappa shape index (κ1) is 12.5. The molecule has 1 saturated heterocycles. The van der Waals surface area contributed by atoms with E-state index in [9.17, 15) is 4.21 Å². The lowest BCUT2D eigenvalue weighted by Gasteiger charge is -2.28. The molecule has 0 saturated carbocycles. The summed E-state index contributed by atoms with van der Waals surface area (Å²) in [6.07, 6.45) is 1.91. The van der Waals surface area contributed by atoms with E-state index < -0.39 is 10.8 Å². The van der Waals surface area contributed by atoms with Gasteiger partial charge in [0.15, 0.2) is 0 Å². The number of hydrogen-bond donors (Lipinski definition) is 1. The highest BCUT2D eigenvalue weighted by atomic mass is 32.2. The zero-order valence-electron chi connectivity index (χ0n) is 10.3. The van der Waals surface area contributed by atoms with Gasteiger partial charge in [0.05, 0.1) is 17.6 Å². The third-order valence-corrected chi connectivity index (χ3v) is 4.47. The molecule has 0 amide bonds. The molecule has 1 fully saturated rings. The van der Waals surface area contributed by atoms with Crippen molar-refractivity contribution in [3.63, 3.8) is 0 Å². The summed E-state index contributed by atoms with van der Waals surface area (Å²) in [7, 11) is 1.31. The Bertz CT molecular complexity index is 383. The minimum absolute atomic E-state index is 0.276. The first-order valence-corrected chi connectivity index (χ1v) is 7.42. The maximum Gasteiger partial charge on any atom is 0.0571 e. The number of nitrogens with zero attached hydrogens (tertiary/aromatic N) is 2. The van der Waals surface area contributed by atoms with Crippen LogP contribution in [0, 0.1) is 0 Å². The van der Waals surface area contributed by atoms with Crippen molar-refractivity contribution < 1.29 is 4.21 Å². The number of anilines is 1. The van der Waals surface area contributed by atoms with Crippen LogP contribution >= 0.6 is 0 Å². The average molecular weight is 253 g/mol. The SMILES string of the molecule is CNC(C)c1ccc(N2CCS(=O)CC2)cn1. The second-order valence-corrected chi connectivity index (χ2v) is 5.98. The van der Waals surface area contributed by atoms with Crippen LogP contribution in [0.2, 0.25) is 0 Å². The van der Waals surface area contributed by atoms with E-state index in [1.54, 1.807) is 0 Å². The van der Waals surface area contributed by atoms with E-state index in [1.165, 1.54) is 0 Å². The quantitative estimate of drug-likeness (QED) is 0.870. The molecule has 4 nitrogen and oxygen atoms in total.